The molecule has 32 heavy (non-hydrogen) atoms. The number of hydrogen-bond acceptors (Lipinski definition) is 8. The van der Waals surface area contributed by atoms with E-state index in [2.05, 4.69) is 15.5 Å². The first kappa shape index (κ1) is 21.7. The number of aromatic nitrogens is 2. The van der Waals surface area contributed by atoms with E-state index in [1.807, 2.05) is 17.5 Å². The maximum atomic E-state index is 13.3. The first-order valence-electron chi connectivity index (χ1n) is 10.7. The summed E-state index contributed by atoms with van der Waals surface area (Å²) < 4.78 is 33.5. The number of piperidine rings is 1. The van der Waals surface area contributed by atoms with Crippen LogP contribution in [0.25, 0.3) is 11.4 Å². The fourth-order valence-electron chi connectivity index (χ4n) is 3.98. The van der Waals surface area contributed by atoms with Crippen molar-refractivity contribution in [2.45, 2.75) is 48.8 Å². The van der Waals surface area contributed by atoms with Gasteiger partial charge in [0.05, 0.1) is 12.5 Å². The topological polar surface area (TPSA) is 105 Å². The molecule has 0 unspecified atom stereocenters. The fraction of sp³-hybridized carbons (Fsp3) is 0.476. The van der Waals surface area contributed by atoms with E-state index < -0.39 is 10.0 Å². The second kappa shape index (κ2) is 9.05. The molecule has 5 rings (SSSR count). The van der Waals surface area contributed by atoms with Gasteiger partial charge < -0.3 is 9.84 Å². The Labute approximate surface area is 194 Å². The number of amides is 1. The average molecular weight is 493 g/mol. The molecule has 1 aliphatic heterocycles. The molecule has 8 nitrogen and oxygen atoms in total. The third-order valence-electron chi connectivity index (χ3n) is 6.10. The monoisotopic (exact) mass is 492 g/mol. The number of thiophene rings is 2. The van der Waals surface area contributed by atoms with Crippen molar-refractivity contribution in [2.75, 3.05) is 13.1 Å². The quantitative estimate of drug-likeness (QED) is 0.537. The molecule has 1 saturated carbocycles. The highest BCUT2D eigenvalue weighted by Crippen LogP contribution is 2.37. The molecule has 1 atom stereocenters. The molecular formula is C21H24N4O4S3. The van der Waals surface area contributed by atoms with Crippen molar-refractivity contribution in [3.63, 3.8) is 0 Å². The number of nitrogens with one attached hydrogen (secondary N) is 1. The van der Waals surface area contributed by atoms with Crippen LogP contribution in [0.2, 0.25) is 0 Å². The smallest absolute Gasteiger partial charge is 0.252 e. The van der Waals surface area contributed by atoms with Crippen molar-refractivity contribution in [3.8, 4) is 11.4 Å². The molecule has 170 valence electrons. The second-order valence-electron chi connectivity index (χ2n) is 8.24. The Balaban J connectivity index is 1.25. The number of carbonyl (C=O) groups excluding carboxylic acids is 1. The molecule has 1 N–H and O–H groups in total. The van der Waals surface area contributed by atoms with Gasteiger partial charge in [-0.25, -0.2) is 8.42 Å². The molecule has 0 bridgehead atoms. The zero-order chi connectivity index (χ0) is 22.1. The Morgan fingerprint density at radius 1 is 1.25 bits per heavy atom. The van der Waals surface area contributed by atoms with E-state index in [4.69, 9.17) is 4.52 Å². The summed E-state index contributed by atoms with van der Waals surface area (Å²) in [5.74, 6) is 0.943. The standard InChI is InChI=1S/C21H24N4O4S3/c26-20(22-11-17-7-3-9-30-17)15-6-2-8-25(12-15)32(27,28)18-10-16(13-31-18)19-23-21(29-24-19)14-4-1-5-14/h3,7,9-10,13-15H,1-2,4-6,8,11-12H2,(H,22,26)/t15-/m0/s1. The molecule has 3 aromatic heterocycles. The zero-order valence-corrected chi connectivity index (χ0v) is 19.8. The molecule has 1 amide bonds. The van der Waals surface area contributed by atoms with Crippen LogP contribution in [0, 0.1) is 5.92 Å². The Bertz CT molecular complexity index is 1180. The molecule has 1 saturated heterocycles. The van der Waals surface area contributed by atoms with Crippen LogP contribution in [0.1, 0.15) is 48.8 Å². The predicted molar refractivity (Wildman–Crippen MR) is 122 cm³/mol. The molecule has 2 aliphatic rings. The van der Waals surface area contributed by atoms with Gasteiger partial charge in [0.25, 0.3) is 10.0 Å². The van der Waals surface area contributed by atoms with Gasteiger partial charge in [0, 0.05) is 34.8 Å². The lowest BCUT2D eigenvalue weighted by Crippen LogP contribution is -2.45. The van der Waals surface area contributed by atoms with E-state index in [1.165, 1.54) is 10.7 Å². The van der Waals surface area contributed by atoms with E-state index in [1.54, 1.807) is 22.8 Å². The summed E-state index contributed by atoms with van der Waals surface area (Å²) in [6, 6.07) is 5.52. The van der Waals surface area contributed by atoms with Crippen LogP contribution in [0.3, 0.4) is 0 Å². The summed E-state index contributed by atoms with van der Waals surface area (Å²) in [7, 11) is -3.69. The minimum absolute atomic E-state index is 0.0968. The van der Waals surface area contributed by atoms with Gasteiger partial charge in [0.1, 0.15) is 4.21 Å². The molecule has 3 aromatic rings. The minimum atomic E-state index is -3.69. The van der Waals surface area contributed by atoms with Crippen molar-refractivity contribution in [1.82, 2.24) is 19.8 Å². The Morgan fingerprint density at radius 3 is 2.88 bits per heavy atom. The highest BCUT2D eigenvalue weighted by atomic mass is 32.2. The van der Waals surface area contributed by atoms with Gasteiger partial charge in [-0.2, -0.15) is 9.29 Å². The van der Waals surface area contributed by atoms with Crippen molar-refractivity contribution < 1.29 is 17.7 Å². The Kier molecular flexibility index (Phi) is 6.15. The van der Waals surface area contributed by atoms with Gasteiger partial charge >= 0.3 is 0 Å². The Hall–Kier alpha value is -2.08. The first-order valence-corrected chi connectivity index (χ1v) is 13.9. The second-order valence-corrected chi connectivity index (χ2v) is 12.3. The maximum Gasteiger partial charge on any atom is 0.252 e. The summed E-state index contributed by atoms with van der Waals surface area (Å²) in [5.41, 5.74) is 0.644. The van der Waals surface area contributed by atoms with Gasteiger partial charge in [0.15, 0.2) is 0 Å². The minimum Gasteiger partial charge on any atom is -0.351 e. The van der Waals surface area contributed by atoms with Crippen molar-refractivity contribution in [3.05, 3.63) is 39.7 Å². The number of hydrogen-bond donors (Lipinski definition) is 1. The van der Waals surface area contributed by atoms with Gasteiger partial charge in [-0.3, -0.25) is 4.79 Å². The first-order chi connectivity index (χ1) is 15.5. The maximum absolute atomic E-state index is 13.3. The highest BCUT2D eigenvalue weighted by molar-refractivity contribution is 7.91. The average Bonchev–Trinajstić information content (AvgIpc) is 3.52. The third kappa shape index (κ3) is 4.39. The summed E-state index contributed by atoms with van der Waals surface area (Å²) in [6.45, 7) is 1.08. The number of carbonyl (C=O) groups is 1. The normalized spacial score (nSPS) is 20.2. The zero-order valence-electron chi connectivity index (χ0n) is 17.4. The van der Waals surface area contributed by atoms with Gasteiger partial charge in [-0.05, 0) is 43.2 Å². The van der Waals surface area contributed by atoms with Crippen LogP contribution < -0.4 is 5.32 Å². The fourth-order valence-corrected chi connectivity index (χ4v) is 7.46. The van der Waals surface area contributed by atoms with Crippen molar-refractivity contribution in [2.24, 2.45) is 5.92 Å². The van der Waals surface area contributed by atoms with Crippen LogP contribution in [-0.2, 0) is 21.4 Å². The summed E-state index contributed by atoms with van der Waals surface area (Å²) in [4.78, 5) is 18.2. The molecule has 0 aromatic carbocycles. The van der Waals surface area contributed by atoms with Crippen LogP contribution in [0.4, 0.5) is 0 Å². The van der Waals surface area contributed by atoms with E-state index >= 15 is 0 Å². The molecule has 11 heteroatoms. The third-order valence-corrected chi connectivity index (χ3v) is 10.3. The van der Waals surface area contributed by atoms with E-state index in [-0.39, 0.29) is 22.6 Å². The van der Waals surface area contributed by atoms with E-state index in [9.17, 15) is 13.2 Å². The largest absolute Gasteiger partial charge is 0.351 e. The lowest BCUT2D eigenvalue weighted by molar-refractivity contribution is -0.126. The molecule has 0 spiro atoms. The van der Waals surface area contributed by atoms with Gasteiger partial charge in [0.2, 0.25) is 17.6 Å². The number of sulfonamides is 1. The van der Waals surface area contributed by atoms with Crippen molar-refractivity contribution in [1.29, 1.82) is 0 Å². The summed E-state index contributed by atoms with van der Waals surface area (Å²) in [6.07, 6.45) is 4.63. The van der Waals surface area contributed by atoms with Crippen LogP contribution >= 0.6 is 22.7 Å². The predicted octanol–water partition coefficient (Wildman–Crippen LogP) is 3.84. The van der Waals surface area contributed by atoms with Crippen LogP contribution in [0.15, 0.2) is 37.7 Å². The molecule has 4 heterocycles. The Morgan fingerprint density at radius 2 is 2.12 bits per heavy atom. The number of nitrogens with zero attached hydrogens (tertiary/aromatic N) is 3. The molecule has 1 aliphatic carbocycles. The molecule has 2 fully saturated rings. The van der Waals surface area contributed by atoms with Gasteiger partial charge in [-0.1, -0.05) is 17.6 Å². The van der Waals surface area contributed by atoms with Crippen LogP contribution in [0.5, 0.6) is 0 Å². The number of rotatable bonds is 7. The highest BCUT2D eigenvalue weighted by Gasteiger charge is 2.34. The van der Waals surface area contributed by atoms with Gasteiger partial charge in [-0.15, -0.1) is 22.7 Å². The van der Waals surface area contributed by atoms with E-state index in [0.29, 0.717) is 49.1 Å². The summed E-state index contributed by atoms with van der Waals surface area (Å²) in [5, 5.41) is 10.7. The molecule has 0 radical (unpaired) electrons. The van der Waals surface area contributed by atoms with Crippen LogP contribution in [-0.4, -0.2) is 41.9 Å². The summed E-state index contributed by atoms with van der Waals surface area (Å²) >= 11 is 2.74. The van der Waals surface area contributed by atoms with E-state index in [0.717, 1.165) is 29.1 Å². The SMILES string of the molecule is O=C(NCc1cccs1)[C@H]1CCCN(S(=O)(=O)c2cc(-c3noc(C4CCC4)n3)cs2)C1. The molecular weight excluding hydrogens is 468 g/mol. The lowest BCUT2D eigenvalue weighted by Gasteiger charge is -2.30. The lowest BCUT2D eigenvalue weighted by atomic mass is 9.85. The van der Waals surface area contributed by atoms with Crippen molar-refractivity contribution >= 4 is 38.6 Å².